The maximum absolute atomic E-state index is 5.82. The van der Waals surface area contributed by atoms with E-state index in [0.717, 1.165) is 67.6 Å². The van der Waals surface area contributed by atoms with Gasteiger partial charge >= 0.3 is 0 Å². The van der Waals surface area contributed by atoms with Crippen LogP contribution in [-0.4, -0.2) is 49.9 Å². The highest BCUT2D eigenvalue weighted by Gasteiger charge is 2.24. The highest BCUT2D eigenvalue weighted by atomic mass is 16.5. The second-order valence-electron chi connectivity index (χ2n) is 10.0. The fourth-order valence-electron chi connectivity index (χ4n) is 5.36. The zero-order valence-corrected chi connectivity index (χ0v) is 22.0. The molecule has 2 aromatic rings. The summed E-state index contributed by atoms with van der Waals surface area (Å²) >= 11 is 0. The van der Waals surface area contributed by atoms with Crippen LogP contribution in [0, 0.1) is 5.92 Å². The summed E-state index contributed by atoms with van der Waals surface area (Å²) in [6.45, 7) is 7.20. The van der Waals surface area contributed by atoms with E-state index in [0.29, 0.717) is 25.2 Å². The lowest BCUT2D eigenvalue weighted by Crippen LogP contribution is -2.32. The molecule has 0 spiro atoms. The Labute approximate surface area is 211 Å². The minimum absolute atomic E-state index is 0.454. The van der Waals surface area contributed by atoms with E-state index in [1.165, 1.54) is 36.9 Å². The first-order chi connectivity index (χ1) is 17.1. The van der Waals surface area contributed by atoms with Crippen LogP contribution in [0.15, 0.2) is 18.2 Å². The van der Waals surface area contributed by atoms with E-state index < -0.39 is 0 Å². The van der Waals surface area contributed by atoms with Gasteiger partial charge in [0.25, 0.3) is 0 Å². The third kappa shape index (κ3) is 6.78. The Balaban J connectivity index is 1.27. The van der Waals surface area contributed by atoms with Crippen molar-refractivity contribution in [2.75, 3.05) is 44.1 Å². The van der Waals surface area contributed by atoms with E-state index in [4.69, 9.17) is 19.4 Å². The van der Waals surface area contributed by atoms with E-state index in [9.17, 15) is 0 Å². The fourth-order valence-corrected chi connectivity index (χ4v) is 5.36. The molecule has 0 aliphatic heterocycles. The Hall–Kier alpha value is -2.54. The van der Waals surface area contributed by atoms with Crippen molar-refractivity contribution >= 4 is 11.8 Å². The van der Waals surface area contributed by atoms with Crippen molar-refractivity contribution in [3.8, 4) is 11.5 Å². The van der Waals surface area contributed by atoms with Crippen LogP contribution in [0.4, 0.5) is 11.8 Å². The van der Waals surface area contributed by atoms with E-state index in [1.54, 1.807) is 0 Å². The summed E-state index contributed by atoms with van der Waals surface area (Å²) in [7, 11) is 4.17. The summed E-state index contributed by atoms with van der Waals surface area (Å²) in [4.78, 5) is 11.9. The average molecular weight is 482 g/mol. The normalized spacial score (nSPS) is 19.7. The molecule has 1 aromatic carbocycles. The third-order valence-electron chi connectivity index (χ3n) is 7.16. The van der Waals surface area contributed by atoms with Crippen LogP contribution < -0.4 is 25.0 Å². The number of nitrogens with zero attached hydrogens (tertiary/aromatic N) is 3. The molecule has 2 aliphatic rings. The van der Waals surface area contributed by atoms with Crippen LogP contribution in [0.5, 0.6) is 11.5 Å². The van der Waals surface area contributed by atoms with E-state index in [-0.39, 0.29) is 0 Å². The van der Waals surface area contributed by atoms with Crippen molar-refractivity contribution in [2.24, 2.45) is 5.92 Å². The van der Waals surface area contributed by atoms with Crippen molar-refractivity contribution in [1.82, 2.24) is 15.3 Å². The molecule has 2 aliphatic carbocycles. The van der Waals surface area contributed by atoms with Crippen molar-refractivity contribution in [3.63, 3.8) is 0 Å². The van der Waals surface area contributed by atoms with Gasteiger partial charge in [0.1, 0.15) is 17.3 Å². The number of anilines is 2. The van der Waals surface area contributed by atoms with Crippen molar-refractivity contribution in [1.29, 1.82) is 0 Å². The SMILES string of the molecule is CCOc1ccc(OCC)c(CNCC2CCC(Nc3nc4c(c(N(C)C)n3)CCCC4)CC2)c1. The Kier molecular flexibility index (Phi) is 9.07. The maximum Gasteiger partial charge on any atom is 0.225 e. The zero-order valence-electron chi connectivity index (χ0n) is 22.0. The third-order valence-corrected chi connectivity index (χ3v) is 7.16. The number of benzene rings is 1. The van der Waals surface area contributed by atoms with Gasteiger partial charge in [-0.2, -0.15) is 4.98 Å². The quantitative estimate of drug-likeness (QED) is 0.469. The molecule has 0 amide bonds. The number of ether oxygens (including phenoxy) is 2. The Bertz CT molecular complexity index is 957. The summed E-state index contributed by atoms with van der Waals surface area (Å²) in [6.07, 6.45) is 9.40. The first kappa shape index (κ1) is 25.5. The van der Waals surface area contributed by atoms with Gasteiger partial charge in [-0.1, -0.05) is 0 Å². The van der Waals surface area contributed by atoms with Gasteiger partial charge in [-0.3, -0.25) is 0 Å². The highest BCUT2D eigenvalue weighted by molar-refractivity contribution is 5.53. The summed E-state index contributed by atoms with van der Waals surface area (Å²) < 4.78 is 11.5. The van der Waals surface area contributed by atoms with Gasteiger partial charge in [-0.15, -0.1) is 0 Å². The molecule has 1 aromatic heterocycles. The smallest absolute Gasteiger partial charge is 0.225 e. The molecule has 7 heteroatoms. The molecule has 0 atom stereocenters. The predicted octanol–water partition coefficient (Wildman–Crippen LogP) is 4.98. The molecular formula is C28H43N5O2. The molecule has 1 fully saturated rings. The molecule has 2 N–H and O–H groups in total. The minimum atomic E-state index is 0.454. The Morgan fingerprint density at radius 1 is 0.971 bits per heavy atom. The van der Waals surface area contributed by atoms with Crippen molar-refractivity contribution in [3.05, 3.63) is 35.0 Å². The second-order valence-corrected chi connectivity index (χ2v) is 10.0. The number of hydrogen-bond donors (Lipinski definition) is 2. The molecule has 0 radical (unpaired) electrons. The summed E-state index contributed by atoms with van der Waals surface area (Å²) in [6, 6.07) is 6.56. The van der Waals surface area contributed by atoms with Crippen molar-refractivity contribution in [2.45, 2.75) is 77.8 Å². The lowest BCUT2D eigenvalue weighted by atomic mass is 9.86. The largest absolute Gasteiger partial charge is 0.494 e. The first-order valence-corrected chi connectivity index (χ1v) is 13.5. The van der Waals surface area contributed by atoms with Gasteiger partial charge in [-0.05, 0) is 95.9 Å². The van der Waals surface area contributed by atoms with Crippen molar-refractivity contribution < 1.29 is 9.47 Å². The number of fused-ring (bicyclic) bond motifs is 1. The predicted molar refractivity (Wildman–Crippen MR) is 143 cm³/mol. The highest BCUT2D eigenvalue weighted by Crippen LogP contribution is 2.30. The standard InChI is InChI=1S/C28H43N5O2/c1-5-34-23-15-16-26(35-6-2)21(17-23)19-29-18-20-11-13-22(14-12-20)30-28-31-25-10-8-7-9-24(25)27(32-28)33(3)4/h15-17,20,22,29H,5-14,18-19H2,1-4H3,(H,30,31,32). The van der Waals surface area contributed by atoms with Crippen LogP contribution in [-0.2, 0) is 19.4 Å². The number of rotatable bonds is 11. The van der Waals surface area contributed by atoms with Crippen LogP contribution in [0.3, 0.4) is 0 Å². The minimum Gasteiger partial charge on any atom is -0.494 e. The second kappa shape index (κ2) is 12.4. The number of aryl methyl sites for hydroxylation is 1. The van der Waals surface area contributed by atoms with Crippen LogP contribution in [0.1, 0.15) is 69.2 Å². The lowest BCUT2D eigenvalue weighted by Gasteiger charge is -2.30. The van der Waals surface area contributed by atoms with Crippen LogP contribution in [0.2, 0.25) is 0 Å². The molecule has 192 valence electrons. The molecule has 7 nitrogen and oxygen atoms in total. The summed E-state index contributed by atoms with van der Waals surface area (Å²) in [5.74, 6) is 4.45. The zero-order chi connectivity index (χ0) is 24.6. The number of aromatic nitrogens is 2. The lowest BCUT2D eigenvalue weighted by molar-refractivity contribution is 0.316. The molecule has 4 rings (SSSR count). The molecule has 1 heterocycles. The first-order valence-electron chi connectivity index (χ1n) is 13.5. The van der Waals surface area contributed by atoms with Gasteiger partial charge in [0.15, 0.2) is 0 Å². The molecule has 0 saturated heterocycles. The fraction of sp³-hybridized carbons (Fsp3) is 0.643. The van der Waals surface area contributed by atoms with Gasteiger partial charge in [0.05, 0.1) is 18.9 Å². The molecule has 0 unspecified atom stereocenters. The summed E-state index contributed by atoms with van der Waals surface area (Å²) in [5.41, 5.74) is 3.76. The Morgan fingerprint density at radius 2 is 1.74 bits per heavy atom. The van der Waals surface area contributed by atoms with E-state index in [1.807, 2.05) is 26.0 Å². The van der Waals surface area contributed by atoms with Crippen LogP contribution >= 0.6 is 0 Å². The van der Waals surface area contributed by atoms with Gasteiger partial charge in [0.2, 0.25) is 5.95 Å². The van der Waals surface area contributed by atoms with Gasteiger partial charge in [-0.25, -0.2) is 4.98 Å². The van der Waals surface area contributed by atoms with Gasteiger partial charge < -0.3 is 25.0 Å². The topological polar surface area (TPSA) is 71.5 Å². The number of nitrogens with one attached hydrogen (secondary N) is 2. The molecule has 0 bridgehead atoms. The average Bonchev–Trinajstić information content (AvgIpc) is 2.86. The van der Waals surface area contributed by atoms with E-state index >= 15 is 0 Å². The Morgan fingerprint density at radius 3 is 2.49 bits per heavy atom. The summed E-state index contributed by atoms with van der Waals surface area (Å²) in [5, 5.41) is 7.34. The van der Waals surface area contributed by atoms with Crippen LogP contribution in [0.25, 0.3) is 0 Å². The number of hydrogen-bond acceptors (Lipinski definition) is 7. The molecule has 1 saturated carbocycles. The van der Waals surface area contributed by atoms with Gasteiger partial charge in [0, 0.05) is 37.8 Å². The molecule has 35 heavy (non-hydrogen) atoms. The van der Waals surface area contributed by atoms with E-state index in [2.05, 4.69) is 35.7 Å². The molecular weight excluding hydrogens is 438 g/mol. The monoisotopic (exact) mass is 481 g/mol. The maximum atomic E-state index is 5.82.